The van der Waals surface area contributed by atoms with Crippen molar-refractivity contribution in [3.63, 3.8) is 0 Å². The minimum atomic E-state index is -0.601. The van der Waals surface area contributed by atoms with Crippen LogP contribution in [0.1, 0.15) is 36.8 Å². The number of hydrogen-bond acceptors (Lipinski definition) is 6. The van der Waals surface area contributed by atoms with Gasteiger partial charge in [-0.2, -0.15) is 10.4 Å². The third kappa shape index (κ3) is 3.66. The van der Waals surface area contributed by atoms with Crippen LogP contribution in [-0.4, -0.2) is 34.4 Å². The van der Waals surface area contributed by atoms with Crippen LogP contribution in [0.3, 0.4) is 0 Å². The largest absolute Gasteiger partial charge is 0.465 e. The van der Waals surface area contributed by atoms with Crippen LogP contribution in [0.5, 0.6) is 0 Å². The Hall–Kier alpha value is -2.88. The van der Waals surface area contributed by atoms with Gasteiger partial charge in [0.25, 0.3) is 0 Å². The predicted molar refractivity (Wildman–Crippen MR) is 81.6 cm³/mol. The van der Waals surface area contributed by atoms with Crippen molar-refractivity contribution < 1.29 is 19.1 Å². The second-order valence-corrected chi connectivity index (χ2v) is 5.93. The number of nitriles is 1. The Kier molecular flexibility index (Phi) is 4.36. The Labute approximate surface area is 133 Å². The molecule has 0 saturated heterocycles. The number of benzene rings is 1. The lowest BCUT2D eigenvalue weighted by molar-refractivity contribution is -0.155. The van der Waals surface area contributed by atoms with Gasteiger partial charge in [-0.25, -0.2) is 4.79 Å². The van der Waals surface area contributed by atoms with E-state index in [1.165, 1.54) is 17.9 Å². The van der Waals surface area contributed by atoms with Crippen LogP contribution >= 0.6 is 0 Å². The monoisotopic (exact) mass is 315 g/mol. The lowest BCUT2D eigenvalue weighted by atomic mass is 10.1. The van der Waals surface area contributed by atoms with Crippen molar-refractivity contribution >= 4 is 22.8 Å². The average molecular weight is 315 g/mol. The summed E-state index contributed by atoms with van der Waals surface area (Å²) in [4.78, 5) is 23.5. The maximum absolute atomic E-state index is 12.0. The summed E-state index contributed by atoms with van der Waals surface area (Å²) >= 11 is 0. The van der Waals surface area contributed by atoms with Crippen LogP contribution in [0.2, 0.25) is 0 Å². The Morgan fingerprint density at radius 1 is 1.35 bits per heavy atom. The van der Waals surface area contributed by atoms with E-state index in [1.807, 2.05) is 6.07 Å². The highest BCUT2D eigenvalue weighted by atomic mass is 16.6. The van der Waals surface area contributed by atoms with E-state index in [9.17, 15) is 14.9 Å². The van der Waals surface area contributed by atoms with E-state index in [0.29, 0.717) is 16.5 Å². The molecule has 0 aliphatic rings. The molecule has 0 atom stereocenters. The van der Waals surface area contributed by atoms with Gasteiger partial charge < -0.3 is 9.47 Å². The Balaban J connectivity index is 2.41. The van der Waals surface area contributed by atoms with Crippen molar-refractivity contribution in [2.45, 2.75) is 32.9 Å². The molecule has 0 saturated carbocycles. The molecule has 0 radical (unpaired) electrons. The quantitative estimate of drug-likeness (QED) is 0.804. The number of ether oxygens (including phenoxy) is 2. The molecule has 1 aromatic carbocycles. The number of fused-ring (bicyclic) bond motifs is 1. The first-order valence-corrected chi connectivity index (χ1v) is 6.96. The smallest absolute Gasteiger partial charge is 0.337 e. The number of methoxy groups -OCH3 is 1. The average Bonchev–Trinajstić information content (AvgIpc) is 2.81. The van der Waals surface area contributed by atoms with Gasteiger partial charge >= 0.3 is 11.9 Å². The fraction of sp³-hybridized carbons (Fsp3) is 0.375. The summed E-state index contributed by atoms with van der Waals surface area (Å²) in [5, 5.41) is 13.8. The van der Waals surface area contributed by atoms with Crippen LogP contribution in [0.15, 0.2) is 18.2 Å². The van der Waals surface area contributed by atoms with E-state index in [2.05, 4.69) is 9.84 Å². The van der Waals surface area contributed by atoms with Crippen molar-refractivity contribution in [2.24, 2.45) is 0 Å². The minimum absolute atomic E-state index is 0.118. The van der Waals surface area contributed by atoms with Gasteiger partial charge in [0, 0.05) is 5.39 Å². The zero-order valence-electron chi connectivity index (χ0n) is 13.4. The number of esters is 2. The van der Waals surface area contributed by atoms with Gasteiger partial charge in [0.05, 0.1) is 18.2 Å². The van der Waals surface area contributed by atoms with E-state index in [-0.39, 0.29) is 12.2 Å². The van der Waals surface area contributed by atoms with E-state index < -0.39 is 17.5 Å². The van der Waals surface area contributed by atoms with Gasteiger partial charge in [-0.3, -0.25) is 9.48 Å². The summed E-state index contributed by atoms with van der Waals surface area (Å²) in [5.41, 5.74) is 0.415. The minimum Gasteiger partial charge on any atom is -0.465 e. The predicted octanol–water partition coefficient (Wildman–Crippen LogP) is 2.04. The summed E-state index contributed by atoms with van der Waals surface area (Å²) in [7, 11) is 1.28. The van der Waals surface area contributed by atoms with Gasteiger partial charge in [-0.1, -0.05) is 0 Å². The van der Waals surface area contributed by atoms with Crippen molar-refractivity contribution in [3.05, 3.63) is 29.5 Å². The molecule has 0 aliphatic carbocycles. The zero-order valence-corrected chi connectivity index (χ0v) is 13.4. The van der Waals surface area contributed by atoms with Crippen molar-refractivity contribution in [2.75, 3.05) is 7.11 Å². The maximum atomic E-state index is 12.0. The van der Waals surface area contributed by atoms with Crippen molar-refractivity contribution in [3.8, 4) is 6.07 Å². The topological polar surface area (TPSA) is 94.2 Å². The Morgan fingerprint density at radius 3 is 2.61 bits per heavy atom. The van der Waals surface area contributed by atoms with Crippen LogP contribution in [0, 0.1) is 11.3 Å². The first kappa shape index (κ1) is 16.5. The first-order chi connectivity index (χ1) is 10.7. The maximum Gasteiger partial charge on any atom is 0.337 e. The fourth-order valence-electron chi connectivity index (χ4n) is 2.12. The van der Waals surface area contributed by atoms with Gasteiger partial charge in [0.2, 0.25) is 0 Å². The molecule has 1 heterocycles. The molecule has 0 amide bonds. The molecular weight excluding hydrogens is 298 g/mol. The third-order valence-electron chi connectivity index (χ3n) is 2.98. The van der Waals surface area contributed by atoms with Crippen LogP contribution in [-0.2, 0) is 20.8 Å². The van der Waals surface area contributed by atoms with E-state index in [4.69, 9.17) is 4.74 Å². The number of carbonyl (C=O) groups excluding carboxylic acids is 2. The number of nitrogens with zero attached hydrogens (tertiary/aromatic N) is 3. The SMILES string of the molecule is COC(=O)c1ccc2c(c1)c(C#N)nn2CC(=O)OC(C)(C)C. The van der Waals surface area contributed by atoms with Crippen molar-refractivity contribution in [1.29, 1.82) is 5.26 Å². The molecule has 1 aromatic heterocycles. The summed E-state index contributed by atoms with van der Waals surface area (Å²) in [6.07, 6.45) is 0. The fourth-order valence-corrected chi connectivity index (χ4v) is 2.12. The normalized spacial score (nSPS) is 11.1. The zero-order chi connectivity index (χ0) is 17.2. The van der Waals surface area contributed by atoms with Crippen LogP contribution < -0.4 is 0 Å². The summed E-state index contributed by atoms with van der Waals surface area (Å²) in [5.74, 6) is -0.959. The highest BCUT2D eigenvalue weighted by Gasteiger charge is 2.19. The lowest BCUT2D eigenvalue weighted by Gasteiger charge is -2.19. The molecule has 0 bridgehead atoms. The molecule has 2 rings (SSSR count). The molecule has 0 N–H and O–H groups in total. The number of hydrogen-bond donors (Lipinski definition) is 0. The highest BCUT2D eigenvalue weighted by molar-refractivity contribution is 5.96. The van der Waals surface area contributed by atoms with Crippen LogP contribution in [0.25, 0.3) is 10.9 Å². The van der Waals surface area contributed by atoms with Gasteiger partial charge in [0.15, 0.2) is 5.69 Å². The Morgan fingerprint density at radius 2 is 2.04 bits per heavy atom. The van der Waals surface area contributed by atoms with Gasteiger partial charge in [-0.15, -0.1) is 0 Å². The first-order valence-electron chi connectivity index (χ1n) is 6.96. The van der Waals surface area contributed by atoms with Crippen molar-refractivity contribution in [1.82, 2.24) is 9.78 Å². The number of carbonyl (C=O) groups is 2. The number of rotatable bonds is 3. The molecule has 0 aliphatic heterocycles. The molecular formula is C16H17N3O4. The molecule has 120 valence electrons. The molecule has 0 spiro atoms. The Bertz CT molecular complexity index is 809. The molecule has 7 nitrogen and oxygen atoms in total. The molecule has 23 heavy (non-hydrogen) atoms. The summed E-state index contributed by atoms with van der Waals surface area (Å²) in [6.45, 7) is 5.20. The molecule has 0 fully saturated rings. The van der Waals surface area contributed by atoms with Gasteiger partial charge in [0.1, 0.15) is 18.2 Å². The van der Waals surface area contributed by atoms with Crippen LogP contribution in [0.4, 0.5) is 0 Å². The van der Waals surface area contributed by atoms with E-state index >= 15 is 0 Å². The molecule has 0 unspecified atom stereocenters. The highest BCUT2D eigenvalue weighted by Crippen LogP contribution is 2.21. The second kappa shape index (κ2) is 6.08. The summed E-state index contributed by atoms with van der Waals surface area (Å²) in [6, 6.07) is 6.67. The van der Waals surface area contributed by atoms with E-state index in [0.717, 1.165) is 0 Å². The van der Waals surface area contributed by atoms with Gasteiger partial charge in [-0.05, 0) is 39.0 Å². The summed E-state index contributed by atoms with van der Waals surface area (Å²) < 4.78 is 11.3. The van der Waals surface area contributed by atoms with E-state index in [1.54, 1.807) is 32.9 Å². The molecule has 2 aromatic rings. The lowest BCUT2D eigenvalue weighted by Crippen LogP contribution is -2.26. The standard InChI is InChI=1S/C16H17N3O4/c1-16(2,3)23-14(20)9-19-13-6-5-10(15(21)22-4)7-11(13)12(8-17)18-19/h5-7H,9H2,1-4H3. The third-order valence-corrected chi connectivity index (χ3v) is 2.98. The second-order valence-electron chi connectivity index (χ2n) is 5.93. The number of aromatic nitrogens is 2. The molecule has 7 heteroatoms.